The Bertz CT molecular complexity index is 197. The van der Waals surface area contributed by atoms with Gasteiger partial charge in [-0.2, -0.15) is 0 Å². The van der Waals surface area contributed by atoms with Crippen molar-refractivity contribution >= 4 is 11.4 Å². The second-order valence-electron chi connectivity index (χ2n) is 3.31. The van der Waals surface area contributed by atoms with E-state index in [-0.39, 0.29) is 0 Å². The van der Waals surface area contributed by atoms with E-state index in [1.165, 1.54) is 0 Å². The number of oxime groups is 1. The van der Waals surface area contributed by atoms with Crippen molar-refractivity contribution in [3.63, 3.8) is 0 Å². The van der Waals surface area contributed by atoms with Gasteiger partial charge in [-0.1, -0.05) is 5.16 Å². The molecule has 0 spiro atoms. The number of hydrogen-bond acceptors (Lipinski definition) is 4. The fraction of sp³-hybridized carbons (Fsp3) is 0.778. The van der Waals surface area contributed by atoms with Crippen LogP contribution in [0.1, 0.15) is 20.3 Å². The SMILES string of the molecule is CC(=NCCCN(C)C)/C(C)=N/O. The Kier molecular flexibility index (Phi) is 6.14. The molecule has 13 heavy (non-hydrogen) atoms. The average Bonchev–Trinajstić information content (AvgIpc) is 2.10. The molecule has 0 saturated carbocycles. The molecular formula is C9H19N3O. The zero-order valence-electron chi connectivity index (χ0n) is 8.91. The highest BCUT2D eigenvalue weighted by Gasteiger charge is 1.95. The molecule has 0 atom stereocenters. The molecule has 0 aliphatic carbocycles. The van der Waals surface area contributed by atoms with E-state index in [0.29, 0.717) is 5.71 Å². The summed E-state index contributed by atoms with van der Waals surface area (Å²) in [6.45, 7) is 5.42. The quantitative estimate of drug-likeness (QED) is 0.303. The van der Waals surface area contributed by atoms with Crippen LogP contribution in [0.15, 0.2) is 10.1 Å². The van der Waals surface area contributed by atoms with Crippen LogP contribution in [0.5, 0.6) is 0 Å². The molecule has 0 aromatic rings. The number of rotatable bonds is 5. The normalized spacial score (nSPS) is 13.9. The Balaban J connectivity index is 3.72. The highest BCUT2D eigenvalue weighted by Crippen LogP contribution is 1.88. The molecule has 0 radical (unpaired) electrons. The Labute approximate surface area is 80.0 Å². The van der Waals surface area contributed by atoms with E-state index in [4.69, 9.17) is 5.21 Å². The highest BCUT2D eigenvalue weighted by molar-refractivity contribution is 6.40. The zero-order valence-corrected chi connectivity index (χ0v) is 8.91. The van der Waals surface area contributed by atoms with Crippen molar-refractivity contribution < 1.29 is 5.21 Å². The lowest BCUT2D eigenvalue weighted by Crippen LogP contribution is -2.14. The summed E-state index contributed by atoms with van der Waals surface area (Å²) in [4.78, 5) is 6.39. The van der Waals surface area contributed by atoms with Crippen LogP contribution >= 0.6 is 0 Å². The summed E-state index contributed by atoms with van der Waals surface area (Å²) in [6.07, 6.45) is 1.03. The standard InChI is InChI=1S/C9H19N3O/c1-8(9(2)11-13)10-6-5-7-12(3)4/h13H,5-7H2,1-4H3/b10-8?,11-9+. The van der Waals surface area contributed by atoms with Gasteiger partial charge in [-0.15, -0.1) is 0 Å². The molecule has 0 bridgehead atoms. The average molecular weight is 185 g/mol. The molecule has 0 amide bonds. The topological polar surface area (TPSA) is 48.2 Å². The lowest BCUT2D eigenvalue weighted by atomic mass is 10.3. The predicted octanol–water partition coefficient (Wildman–Crippen LogP) is 1.25. The van der Waals surface area contributed by atoms with Gasteiger partial charge in [0, 0.05) is 6.54 Å². The molecule has 0 fully saturated rings. The molecule has 0 aliphatic heterocycles. The maximum absolute atomic E-state index is 8.45. The first-order chi connectivity index (χ1) is 6.07. The van der Waals surface area contributed by atoms with Gasteiger partial charge in [-0.3, -0.25) is 4.99 Å². The van der Waals surface area contributed by atoms with Gasteiger partial charge in [-0.25, -0.2) is 0 Å². The molecule has 4 heteroatoms. The third-order valence-corrected chi connectivity index (χ3v) is 1.79. The van der Waals surface area contributed by atoms with Crippen LogP contribution in [0.25, 0.3) is 0 Å². The van der Waals surface area contributed by atoms with E-state index >= 15 is 0 Å². The van der Waals surface area contributed by atoms with Crippen LogP contribution in [0, 0.1) is 0 Å². The van der Waals surface area contributed by atoms with Crippen molar-refractivity contribution in [2.45, 2.75) is 20.3 Å². The summed E-state index contributed by atoms with van der Waals surface area (Å²) < 4.78 is 0. The highest BCUT2D eigenvalue weighted by atomic mass is 16.4. The van der Waals surface area contributed by atoms with Gasteiger partial charge >= 0.3 is 0 Å². The largest absolute Gasteiger partial charge is 0.411 e. The third kappa shape index (κ3) is 6.28. The fourth-order valence-electron chi connectivity index (χ4n) is 0.820. The molecule has 0 saturated heterocycles. The van der Waals surface area contributed by atoms with E-state index in [9.17, 15) is 0 Å². The van der Waals surface area contributed by atoms with E-state index in [1.807, 2.05) is 21.0 Å². The Morgan fingerprint density at radius 3 is 2.31 bits per heavy atom. The van der Waals surface area contributed by atoms with Crippen molar-refractivity contribution in [3.8, 4) is 0 Å². The second kappa shape index (κ2) is 6.60. The van der Waals surface area contributed by atoms with Crippen LogP contribution < -0.4 is 0 Å². The number of aliphatic imine (C=N–C) groups is 1. The molecule has 0 aromatic carbocycles. The first kappa shape index (κ1) is 12.1. The van der Waals surface area contributed by atoms with Gasteiger partial charge in [0.25, 0.3) is 0 Å². The molecule has 76 valence electrons. The summed E-state index contributed by atoms with van der Waals surface area (Å²) in [5.41, 5.74) is 1.39. The van der Waals surface area contributed by atoms with Crippen LogP contribution in [0.3, 0.4) is 0 Å². The molecule has 0 rings (SSSR count). The van der Waals surface area contributed by atoms with Gasteiger partial charge in [0.05, 0.1) is 11.4 Å². The summed E-state index contributed by atoms with van der Waals surface area (Å²) in [7, 11) is 4.08. The maximum atomic E-state index is 8.45. The molecule has 1 N–H and O–H groups in total. The Morgan fingerprint density at radius 2 is 1.85 bits per heavy atom. The minimum absolute atomic E-state index is 0.588. The molecule has 0 heterocycles. The van der Waals surface area contributed by atoms with Gasteiger partial charge in [0.15, 0.2) is 0 Å². The Hall–Kier alpha value is -0.900. The second-order valence-corrected chi connectivity index (χ2v) is 3.31. The maximum Gasteiger partial charge on any atom is 0.0971 e. The van der Waals surface area contributed by atoms with E-state index in [1.54, 1.807) is 6.92 Å². The molecule has 0 aromatic heterocycles. The van der Waals surface area contributed by atoms with Gasteiger partial charge in [-0.05, 0) is 40.9 Å². The summed E-state index contributed by atoms with van der Waals surface area (Å²) in [6, 6.07) is 0. The molecule has 0 aliphatic rings. The third-order valence-electron chi connectivity index (χ3n) is 1.79. The fourth-order valence-corrected chi connectivity index (χ4v) is 0.820. The van der Waals surface area contributed by atoms with Crippen molar-refractivity contribution in [1.82, 2.24) is 4.90 Å². The zero-order chi connectivity index (χ0) is 10.3. The monoisotopic (exact) mass is 185 g/mol. The first-order valence-electron chi connectivity index (χ1n) is 4.42. The summed E-state index contributed by atoms with van der Waals surface area (Å²) >= 11 is 0. The number of hydrogen-bond donors (Lipinski definition) is 1. The van der Waals surface area contributed by atoms with Crippen molar-refractivity contribution in [2.24, 2.45) is 10.1 Å². The van der Waals surface area contributed by atoms with Crippen LogP contribution in [0.4, 0.5) is 0 Å². The van der Waals surface area contributed by atoms with Gasteiger partial charge in [0.1, 0.15) is 0 Å². The smallest absolute Gasteiger partial charge is 0.0971 e. The molecular weight excluding hydrogens is 166 g/mol. The molecule has 4 nitrogen and oxygen atoms in total. The van der Waals surface area contributed by atoms with Gasteiger partial charge < -0.3 is 10.1 Å². The van der Waals surface area contributed by atoms with Crippen LogP contribution in [-0.2, 0) is 0 Å². The predicted molar refractivity (Wildman–Crippen MR) is 56.0 cm³/mol. The Morgan fingerprint density at radius 1 is 1.23 bits per heavy atom. The van der Waals surface area contributed by atoms with E-state index < -0.39 is 0 Å². The van der Waals surface area contributed by atoms with Crippen molar-refractivity contribution in [3.05, 3.63) is 0 Å². The summed E-state index contributed by atoms with van der Waals surface area (Å²) in [5.74, 6) is 0. The first-order valence-corrected chi connectivity index (χ1v) is 4.42. The van der Waals surface area contributed by atoms with Crippen molar-refractivity contribution in [1.29, 1.82) is 0 Å². The van der Waals surface area contributed by atoms with Crippen LogP contribution in [-0.4, -0.2) is 48.7 Å². The van der Waals surface area contributed by atoms with Gasteiger partial charge in [0.2, 0.25) is 0 Å². The molecule has 0 unspecified atom stereocenters. The lowest BCUT2D eigenvalue weighted by molar-refractivity contribution is 0.320. The minimum Gasteiger partial charge on any atom is -0.411 e. The van der Waals surface area contributed by atoms with Crippen molar-refractivity contribution in [2.75, 3.05) is 27.2 Å². The van der Waals surface area contributed by atoms with E-state index in [0.717, 1.165) is 25.2 Å². The lowest BCUT2D eigenvalue weighted by Gasteiger charge is -2.07. The van der Waals surface area contributed by atoms with E-state index in [2.05, 4.69) is 15.0 Å². The minimum atomic E-state index is 0.588. The summed E-state index contributed by atoms with van der Waals surface area (Å²) in [5, 5.41) is 11.5. The van der Waals surface area contributed by atoms with Crippen LogP contribution in [0.2, 0.25) is 0 Å². The number of nitrogens with zero attached hydrogens (tertiary/aromatic N) is 3.